The maximum atomic E-state index is 12.4. The van der Waals surface area contributed by atoms with Gasteiger partial charge in [0.15, 0.2) is 0 Å². The number of carbonyl (C=O) groups is 1. The molecule has 7 heteroatoms. The van der Waals surface area contributed by atoms with Crippen molar-refractivity contribution in [1.82, 2.24) is 14.9 Å². The Morgan fingerprint density at radius 2 is 2.11 bits per heavy atom. The summed E-state index contributed by atoms with van der Waals surface area (Å²) >= 11 is 3.11. The van der Waals surface area contributed by atoms with Gasteiger partial charge in [0, 0.05) is 34.8 Å². The number of aromatic nitrogens is 2. The van der Waals surface area contributed by atoms with Crippen molar-refractivity contribution in [3.05, 3.63) is 63.8 Å². The number of rotatable bonds is 7. The van der Waals surface area contributed by atoms with Gasteiger partial charge in [-0.25, -0.2) is 4.98 Å². The molecule has 0 saturated carbocycles. The zero-order chi connectivity index (χ0) is 18.6. The highest BCUT2D eigenvalue weighted by Crippen LogP contribution is 2.30. The van der Waals surface area contributed by atoms with Crippen LogP contribution in [-0.4, -0.2) is 29.2 Å². The topological polar surface area (TPSA) is 56.2 Å². The zero-order valence-corrected chi connectivity index (χ0v) is 16.5. The van der Waals surface area contributed by atoms with E-state index in [1.807, 2.05) is 35.0 Å². The van der Waals surface area contributed by atoms with Gasteiger partial charge in [0.05, 0.1) is 18.8 Å². The average molecular weight is 398 g/mol. The van der Waals surface area contributed by atoms with Crippen LogP contribution in [0.4, 0.5) is 0 Å². The Kier molecular flexibility index (Phi) is 5.33. The minimum Gasteiger partial charge on any atom is -0.383 e. The van der Waals surface area contributed by atoms with Crippen molar-refractivity contribution in [3.63, 3.8) is 0 Å². The number of hydrogen-bond donors (Lipinski definition) is 1. The van der Waals surface area contributed by atoms with Gasteiger partial charge in [-0.3, -0.25) is 4.79 Å². The summed E-state index contributed by atoms with van der Waals surface area (Å²) in [6, 6.07) is 14.3. The number of benzene rings is 1. The molecule has 0 spiro atoms. The molecule has 138 valence electrons. The molecule has 4 rings (SSSR count). The first kappa shape index (κ1) is 17.9. The zero-order valence-electron chi connectivity index (χ0n) is 14.8. The minimum atomic E-state index is -0.148. The molecule has 0 bridgehead atoms. The van der Waals surface area contributed by atoms with E-state index in [0.29, 0.717) is 18.8 Å². The molecule has 0 unspecified atom stereocenters. The lowest BCUT2D eigenvalue weighted by atomic mass is 10.2. The fourth-order valence-electron chi connectivity index (χ4n) is 2.98. The molecule has 0 aliphatic heterocycles. The number of thiazole rings is 1. The predicted octanol–water partition coefficient (Wildman–Crippen LogP) is 4.40. The molecule has 1 N–H and O–H groups in total. The molecular formula is C20H19N3O2S2. The van der Waals surface area contributed by atoms with Crippen LogP contribution in [0, 0.1) is 0 Å². The Hall–Kier alpha value is -2.48. The molecule has 0 aliphatic carbocycles. The van der Waals surface area contributed by atoms with Crippen LogP contribution in [0.25, 0.3) is 21.6 Å². The molecular weight excluding hydrogens is 378 g/mol. The Morgan fingerprint density at radius 3 is 2.93 bits per heavy atom. The van der Waals surface area contributed by atoms with E-state index in [1.165, 1.54) is 11.3 Å². The molecule has 4 aromatic rings. The summed E-state index contributed by atoms with van der Waals surface area (Å²) in [5.41, 5.74) is 2.61. The van der Waals surface area contributed by atoms with Crippen LogP contribution >= 0.6 is 22.7 Å². The van der Waals surface area contributed by atoms with Gasteiger partial charge in [0.25, 0.3) is 5.91 Å². The smallest absolute Gasteiger partial charge is 0.271 e. The number of para-hydroxylation sites is 1. The Bertz CT molecular complexity index is 1050. The summed E-state index contributed by atoms with van der Waals surface area (Å²) in [4.78, 5) is 18.1. The molecule has 0 atom stereocenters. The molecule has 27 heavy (non-hydrogen) atoms. The van der Waals surface area contributed by atoms with Gasteiger partial charge in [-0.1, -0.05) is 24.3 Å². The SMILES string of the molecule is COCCn1c(-c2nc(C(=O)NCc3cccs3)cs2)cc2ccccc21. The van der Waals surface area contributed by atoms with Crippen molar-refractivity contribution >= 4 is 39.5 Å². The molecule has 3 aromatic heterocycles. The van der Waals surface area contributed by atoms with Crippen LogP contribution < -0.4 is 5.32 Å². The summed E-state index contributed by atoms with van der Waals surface area (Å²) in [7, 11) is 1.70. The second kappa shape index (κ2) is 8.04. The van der Waals surface area contributed by atoms with Crippen LogP contribution in [0.15, 0.2) is 53.2 Å². The molecule has 0 saturated heterocycles. The van der Waals surface area contributed by atoms with Gasteiger partial charge in [-0.15, -0.1) is 22.7 Å². The number of fused-ring (bicyclic) bond motifs is 1. The molecule has 5 nitrogen and oxygen atoms in total. The van der Waals surface area contributed by atoms with E-state index < -0.39 is 0 Å². The highest BCUT2D eigenvalue weighted by atomic mass is 32.1. The van der Waals surface area contributed by atoms with Crippen molar-refractivity contribution in [1.29, 1.82) is 0 Å². The van der Waals surface area contributed by atoms with Crippen LogP contribution in [0.1, 0.15) is 15.4 Å². The lowest BCUT2D eigenvalue weighted by Gasteiger charge is -2.08. The number of carbonyl (C=O) groups excluding carboxylic acids is 1. The van der Waals surface area contributed by atoms with Crippen LogP contribution in [0.5, 0.6) is 0 Å². The van der Waals surface area contributed by atoms with Gasteiger partial charge in [-0.2, -0.15) is 0 Å². The third-order valence-corrected chi connectivity index (χ3v) is 6.03. The van der Waals surface area contributed by atoms with Crippen LogP contribution in [0.2, 0.25) is 0 Å². The van der Waals surface area contributed by atoms with Gasteiger partial charge in [-0.05, 0) is 23.6 Å². The third kappa shape index (κ3) is 3.80. The summed E-state index contributed by atoms with van der Waals surface area (Å²) < 4.78 is 7.46. The van der Waals surface area contributed by atoms with E-state index >= 15 is 0 Å². The monoisotopic (exact) mass is 397 g/mol. The van der Waals surface area contributed by atoms with Gasteiger partial charge in [0.1, 0.15) is 10.7 Å². The number of ether oxygens (including phenoxy) is 1. The van der Waals surface area contributed by atoms with E-state index in [-0.39, 0.29) is 5.91 Å². The van der Waals surface area contributed by atoms with Crippen molar-refractivity contribution < 1.29 is 9.53 Å². The van der Waals surface area contributed by atoms with Crippen molar-refractivity contribution in [2.75, 3.05) is 13.7 Å². The number of nitrogens with one attached hydrogen (secondary N) is 1. The first-order valence-corrected chi connectivity index (χ1v) is 10.4. The van der Waals surface area contributed by atoms with Gasteiger partial charge >= 0.3 is 0 Å². The Labute approximate surface area is 165 Å². The Balaban J connectivity index is 1.59. The fourth-order valence-corrected chi connectivity index (χ4v) is 4.45. The normalized spacial score (nSPS) is 11.1. The molecule has 0 radical (unpaired) electrons. The summed E-state index contributed by atoms with van der Waals surface area (Å²) in [6.45, 7) is 1.88. The van der Waals surface area contributed by atoms with Crippen LogP contribution in [0.3, 0.4) is 0 Å². The van der Waals surface area contributed by atoms with Crippen molar-refractivity contribution in [2.45, 2.75) is 13.1 Å². The van der Waals surface area contributed by atoms with E-state index in [0.717, 1.165) is 33.0 Å². The maximum Gasteiger partial charge on any atom is 0.271 e. The number of thiophene rings is 1. The quantitative estimate of drug-likeness (QED) is 0.503. The molecule has 3 heterocycles. The molecule has 1 amide bonds. The highest BCUT2D eigenvalue weighted by Gasteiger charge is 2.16. The summed E-state index contributed by atoms with van der Waals surface area (Å²) in [6.07, 6.45) is 0. The standard InChI is InChI=1S/C20H19N3O2S2/c1-25-9-8-23-17-7-3-2-5-14(17)11-18(23)20-22-16(13-27-20)19(24)21-12-15-6-4-10-26-15/h2-7,10-11,13H,8-9,12H2,1H3,(H,21,24). The number of methoxy groups -OCH3 is 1. The first-order valence-electron chi connectivity index (χ1n) is 8.60. The lowest BCUT2D eigenvalue weighted by molar-refractivity contribution is 0.0947. The summed E-state index contributed by atoms with van der Waals surface area (Å²) in [5, 5.41) is 8.74. The average Bonchev–Trinajstić information content (AvgIpc) is 3.44. The van der Waals surface area contributed by atoms with E-state index in [4.69, 9.17) is 4.74 Å². The largest absolute Gasteiger partial charge is 0.383 e. The first-order chi connectivity index (χ1) is 13.3. The molecule has 0 aliphatic rings. The predicted molar refractivity (Wildman–Crippen MR) is 110 cm³/mol. The van der Waals surface area contributed by atoms with Gasteiger partial charge in [0.2, 0.25) is 0 Å². The number of amides is 1. The fraction of sp³-hybridized carbons (Fsp3) is 0.200. The lowest BCUT2D eigenvalue weighted by Crippen LogP contribution is -2.22. The number of nitrogens with zero attached hydrogens (tertiary/aromatic N) is 2. The second-order valence-electron chi connectivity index (χ2n) is 6.03. The number of hydrogen-bond acceptors (Lipinski definition) is 5. The third-order valence-electron chi connectivity index (χ3n) is 4.29. The van der Waals surface area contributed by atoms with E-state index in [9.17, 15) is 4.79 Å². The van der Waals surface area contributed by atoms with Crippen molar-refractivity contribution in [3.8, 4) is 10.7 Å². The molecule has 1 aromatic carbocycles. The van der Waals surface area contributed by atoms with E-state index in [2.05, 4.69) is 33.1 Å². The van der Waals surface area contributed by atoms with Crippen LogP contribution in [-0.2, 0) is 17.8 Å². The second-order valence-corrected chi connectivity index (χ2v) is 7.92. The minimum absolute atomic E-state index is 0.148. The van der Waals surface area contributed by atoms with E-state index in [1.54, 1.807) is 18.4 Å². The summed E-state index contributed by atoms with van der Waals surface area (Å²) in [5.74, 6) is -0.148. The highest BCUT2D eigenvalue weighted by molar-refractivity contribution is 7.13. The van der Waals surface area contributed by atoms with Gasteiger partial charge < -0.3 is 14.6 Å². The Morgan fingerprint density at radius 1 is 1.22 bits per heavy atom. The maximum absolute atomic E-state index is 12.4. The molecule has 0 fully saturated rings. The van der Waals surface area contributed by atoms with Crippen molar-refractivity contribution in [2.24, 2.45) is 0 Å².